The Hall–Kier alpha value is -2.15. The van der Waals surface area contributed by atoms with Gasteiger partial charge >= 0.3 is 5.97 Å². The van der Waals surface area contributed by atoms with Gasteiger partial charge in [0, 0.05) is 32.0 Å². The van der Waals surface area contributed by atoms with Crippen LogP contribution in [0, 0.1) is 6.92 Å². The van der Waals surface area contributed by atoms with Gasteiger partial charge in [-0.25, -0.2) is 4.79 Å². The Morgan fingerprint density at radius 2 is 2.23 bits per heavy atom. The summed E-state index contributed by atoms with van der Waals surface area (Å²) in [4.78, 5) is 23.1. The molecule has 2 heterocycles. The van der Waals surface area contributed by atoms with E-state index in [1.54, 1.807) is 12.3 Å². The van der Waals surface area contributed by atoms with Crippen molar-refractivity contribution >= 4 is 11.9 Å². The minimum atomic E-state index is -0.447. The van der Waals surface area contributed by atoms with E-state index in [1.807, 2.05) is 11.6 Å². The van der Waals surface area contributed by atoms with Gasteiger partial charge in [-0.3, -0.25) is 9.48 Å². The lowest BCUT2D eigenvalue weighted by atomic mass is 10.1. The van der Waals surface area contributed by atoms with Crippen LogP contribution in [0.5, 0.6) is 0 Å². The monoisotopic (exact) mass is 307 g/mol. The summed E-state index contributed by atoms with van der Waals surface area (Å²) >= 11 is 0. The Balaban J connectivity index is 1.93. The Kier molecular flexibility index (Phi) is 5.71. The average Bonchev–Trinajstić information content (AvgIpc) is 2.94. The Labute approximate surface area is 129 Å². The van der Waals surface area contributed by atoms with E-state index in [1.165, 1.54) is 13.2 Å². The number of carbonyl (C=O) groups is 2. The van der Waals surface area contributed by atoms with Crippen molar-refractivity contribution in [2.75, 3.05) is 26.9 Å². The quantitative estimate of drug-likeness (QED) is 0.648. The predicted octanol–water partition coefficient (Wildman–Crippen LogP) is 1.00. The van der Waals surface area contributed by atoms with Gasteiger partial charge in [0.25, 0.3) is 5.91 Å². The van der Waals surface area contributed by atoms with Crippen LogP contribution in [0.2, 0.25) is 0 Å². The molecule has 22 heavy (non-hydrogen) atoms. The van der Waals surface area contributed by atoms with Crippen LogP contribution in [-0.4, -0.2) is 48.5 Å². The molecule has 1 saturated heterocycles. The largest absolute Gasteiger partial charge is 0.466 e. The van der Waals surface area contributed by atoms with Gasteiger partial charge in [-0.15, -0.1) is 0 Å². The molecule has 120 valence electrons. The van der Waals surface area contributed by atoms with Gasteiger partial charge in [0.05, 0.1) is 24.4 Å². The van der Waals surface area contributed by atoms with Gasteiger partial charge in [-0.05, 0) is 19.8 Å². The SMILES string of the molecule is COC(=O)/C=C/CNC(=O)c1cn(C2CCOCC2)nc1C. The van der Waals surface area contributed by atoms with Crippen molar-refractivity contribution in [1.29, 1.82) is 0 Å². The van der Waals surface area contributed by atoms with Gasteiger partial charge in [-0.1, -0.05) is 6.08 Å². The van der Waals surface area contributed by atoms with Crippen LogP contribution in [0.1, 0.15) is 34.9 Å². The van der Waals surface area contributed by atoms with Crippen molar-refractivity contribution in [3.63, 3.8) is 0 Å². The second-order valence-electron chi connectivity index (χ2n) is 5.09. The third-order valence-electron chi connectivity index (χ3n) is 3.56. The molecule has 0 bridgehead atoms. The summed E-state index contributed by atoms with van der Waals surface area (Å²) < 4.78 is 11.7. The Morgan fingerprint density at radius 1 is 1.50 bits per heavy atom. The molecule has 1 aromatic rings. The lowest BCUT2D eigenvalue weighted by Crippen LogP contribution is -2.24. The highest BCUT2D eigenvalue weighted by atomic mass is 16.5. The van der Waals surface area contributed by atoms with Crippen LogP contribution in [0.4, 0.5) is 0 Å². The number of nitrogens with zero attached hydrogens (tertiary/aromatic N) is 2. The first kappa shape index (κ1) is 16.2. The summed E-state index contributed by atoms with van der Waals surface area (Å²) in [6.07, 6.45) is 6.42. The fraction of sp³-hybridized carbons (Fsp3) is 0.533. The lowest BCUT2D eigenvalue weighted by molar-refractivity contribution is -0.134. The van der Waals surface area contributed by atoms with E-state index in [-0.39, 0.29) is 18.5 Å². The number of esters is 1. The first-order chi connectivity index (χ1) is 10.6. The number of hydrogen-bond donors (Lipinski definition) is 1. The number of hydrogen-bond acceptors (Lipinski definition) is 5. The highest BCUT2D eigenvalue weighted by Gasteiger charge is 2.20. The summed E-state index contributed by atoms with van der Waals surface area (Å²) in [5.74, 6) is -0.650. The average molecular weight is 307 g/mol. The highest BCUT2D eigenvalue weighted by molar-refractivity contribution is 5.95. The van der Waals surface area contributed by atoms with Crippen molar-refractivity contribution in [2.45, 2.75) is 25.8 Å². The minimum absolute atomic E-state index is 0.203. The maximum Gasteiger partial charge on any atom is 0.330 e. The molecule has 7 nitrogen and oxygen atoms in total. The van der Waals surface area contributed by atoms with Crippen LogP contribution in [-0.2, 0) is 14.3 Å². The van der Waals surface area contributed by atoms with Gasteiger partial charge < -0.3 is 14.8 Å². The van der Waals surface area contributed by atoms with E-state index >= 15 is 0 Å². The van der Waals surface area contributed by atoms with Crippen LogP contribution < -0.4 is 5.32 Å². The topological polar surface area (TPSA) is 82.5 Å². The molecule has 2 rings (SSSR count). The summed E-state index contributed by atoms with van der Waals surface area (Å²) in [6.45, 7) is 3.53. The van der Waals surface area contributed by atoms with Gasteiger partial charge in [0.2, 0.25) is 0 Å². The molecule has 0 radical (unpaired) electrons. The number of amides is 1. The summed E-state index contributed by atoms with van der Waals surface area (Å²) in [5, 5.41) is 7.16. The van der Waals surface area contributed by atoms with Crippen molar-refractivity contribution in [1.82, 2.24) is 15.1 Å². The second-order valence-corrected chi connectivity index (χ2v) is 5.09. The summed E-state index contributed by atoms with van der Waals surface area (Å²) in [5.41, 5.74) is 1.25. The minimum Gasteiger partial charge on any atom is -0.466 e. The molecule has 0 spiro atoms. The summed E-state index contributed by atoms with van der Waals surface area (Å²) in [6, 6.07) is 0.285. The molecule has 1 amide bonds. The van der Waals surface area contributed by atoms with E-state index in [9.17, 15) is 9.59 Å². The molecule has 0 unspecified atom stereocenters. The standard InChI is InChI=1S/C15H21N3O4/c1-11-13(15(20)16-7-3-4-14(19)21-2)10-18(17-11)12-5-8-22-9-6-12/h3-4,10,12H,5-9H2,1-2H3,(H,16,20)/b4-3+. The first-order valence-corrected chi connectivity index (χ1v) is 7.28. The van der Waals surface area contributed by atoms with Crippen molar-refractivity contribution in [2.24, 2.45) is 0 Å². The molecule has 1 aliphatic rings. The normalized spacial score (nSPS) is 15.9. The number of nitrogens with one attached hydrogen (secondary N) is 1. The molecule has 0 aliphatic carbocycles. The third-order valence-corrected chi connectivity index (χ3v) is 3.56. The second kappa shape index (κ2) is 7.74. The molecule has 1 aromatic heterocycles. The maximum atomic E-state index is 12.1. The van der Waals surface area contributed by atoms with Crippen molar-refractivity contribution < 1.29 is 19.1 Å². The molecule has 0 atom stereocenters. The molecular formula is C15H21N3O4. The summed E-state index contributed by atoms with van der Waals surface area (Å²) in [7, 11) is 1.30. The number of methoxy groups -OCH3 is 1. The smallest absolute Gasteiger partial charge is 0.330 e. The number of aromatic nitrogens is 2. The Bertz CT molecular complexity index is 559. The van der Waals surface area contributed by atoms with Crippen LogP contribution in [0.3, 0.4) is 0 Å². The lowest BCUT2D eigenvalue weighted by Gasteiger charge is -2.22. The molecule has 1 N–H and O–H groups in total. The number of aryl methyl sites for hydroxylation is 1. The van der Waals surface area contributed by atoms with Gasteiger partial charge in [-0.2, -0.15) is 5.10 Å². The molecular weight excluding hydrogens is 286 g/mol. The third kappa shape index (κ3) is 4.17. The fourth-order valence-corrected chi connectivity index (χ4v) is 2.31. The van der Waals surface area contributed by atoms with E-state index in [2.05, 4.69) is 15.2 Å². The molecule has 0 saturated carbocycles. The van der Waals surface area contributed by atoms with Crippen LogP contribution in [0.25, 0.3) is 0 Å². The van der Waals surface area contributed by atoms with Crippen molar-refractivity contribution in [3.8, 4) is 0 Å². The number of rotatable bonds is 5. The number of ether oxygens (including phenoxy) is 2. The molecule has 1 fully saturated rings. The van der Waals surface area contributed by atoms with Gasteiger partial charge in [0.1, 0.15) is 0 Å². The van der Waals surface area contributed by atoms with E-state index in [0.717, 1.165) is 26.1 Å². The zero-order valence-corrected chi connectivity index (χ0v) is 12.9. The highest BCUT2D eigenvalue weighted by Crippen LogP contribution is 2.21. The predicted molar refractivity (Wildman–Crippen MR) is 79.5 cm³/mol. The van der Waals surface area contributed by atoms with E-state index in [4.69, 9.17) is 4.74 Å². The van der Waals surface area contributed by atoms with Crippen molar-refractivity contribution in [3.05, 3.63) is 29.6 Å². The molecule has 7 heteroatoms. The zero-order chi connectivity index (χ0) is 15.9. The molecule has 0 aromatic carbocycles. The fourth-order valence-electron chi connectivity index (χ4n) is 2.31. The first-order valence-electron chi connectivity index (χ1n) is 7.28. The zero-order valence-electron chi connectivity index (χ0n) is 12.9. The van der Waals surface area contributed by atoms with Crippen LogP contribution >= 0.6 is 0 Å². The van der Waals surface area contributed by atoms with Gasteiger partial charge in [0.15, 0.2) is 0 Å². The van der Waals surface area contributed by atoms with E-state index < -0.39 is 5.97 Å². The number of carbonyl (C=O) groups excluding carboxylic acids is 2. The Morgan fingerprint density at radius 3 is 2.91 bits per heavy atom. The van der Waals surface area contributed by atoms with E-state index in [0.29, 0.717) is 11.3 Å². The maximum absolute atomic E-state index is 12.1. The molecule has 1 aliphatic heterocycles. The van der Waals surface area contributed by atoms with Crippen LogP contribution in [0.15, 0.2) is 18.3 Å².